The summed E-state index contributed by atoms with van der Waals surface area (Å²) in [5.41, 5.74) is 2.13. The molecule has 0 aliphatic carbocycles. The molecular weight excluding hydrogens is 439 g/mol. The van der Waals surface area contributed by atoms with Crippen LogP contribution in [0.5, 0.6) is 11.5 Å². The van der Waals surface area contributed by atoms with E-state index >= 15 is 0 Å². The lowest BCUT2D eigenvalue weighted by atomic mass is 10.2. The second kappa shape index (κ2) is 10.6. The number of halogens is 2. The molecule has 8 nitrogen and oxygen atoms in total. The van der Waals surface area contributed by atoms with Gasteiger partial charge in [-0.15, -0.1) is 0 Å². The maximum atomic E-state index is 13.4. The molecule has 0 aliphatic heterocycles. The molecule has 0 saturated carbocycles. The highest BCUT2D eigenvalue weighted by Gasteiger charge is 2.09. The topological polar surface area (TPSA) is 105 Å². The van der Waals surface area contributed by atoms with Crippen LogP contribution in [0.3, 0.4) is 0 Å². The smallest absolute Gasteiger partial charge is 0.262 e. The first-order valence-electron chi connectivity index (χ1n) is 9.71. The van der Waals surface area contributed by atoms with Gasteiger partial charge >= 0.3 is 0 Å². The Labute approximate surface area is 188 Å². The summed E-state index contributed by atoms with van der Waals surface area (Å²) in [5.74, 6) is -0.678. The molecule has 2 aromatic carbocycles. The maximum absolute atomic E-state index is 13.4. The summed E-state index contributed by atoms with van der Waals surface area (Å²) in [7, 11) is 0. The Balaban J connectivity index is 1.32. The fourth-order valence-electron chi connectivity index (χ4n) is 2.78. The van der Waals surface area contributed by atoms with Crippen LogP contribution in [-0.4, -0.2) is 41.8 Å². The van der Waals surface area contributed by atoms with Gasteiger partial charge in [-0.25, -0.2) is 4.39 Å². The monoisotopic (exact) mass is 460 g/mol. The van der Waals surface area contributed by atoms with Crippen molar-refractivity contribution in [1.82, 2.24) is 20.8 Å². The highest BCUT2D eigenvalue weighted by atomic mass is 35.5. The van der Waals surface area contributed by atoms with Crippen LogP contribution in [0.4, 0.5) is 4.39 Å². The Bertz CT molecular complexity index is 1150. The number of aryl methyl sites for hydroxylation is 1. The molecule has 1 aromatic heterocycles. The number of nitrogens with zero attached hydrogens (tertiary/aromatic N) is 1. The summed E-state index contributed by atoms with van der Waals surface area (Å²) in [5, 5.41) is 13.2. The Morgan fingerprint density at radius 2 is 1.81 bits per heavy atom. The molecule has 10 heteroatoms. The minimum Gasteiger partial charge on any atom is -0.484 e. The number of ether oxygens (including phenoxy) is 2. The van der Waals surface area contributed by atoms with Gasteiger partial charge in [0.05, 0.1) is 10.5 Å². The maximum Gasteiger partial charge on any atom is 0.262 e. The number of benzene rings is 2. The third kappa shape index (κ3) is 6.45. The van der Waals surface area contributed by atoms with Gasteiger partial charge in [0.15, 0.2) is 13.2 Å². The fraction of sp³-hybridized carbons (Fsp3) is 0.227. The average Bonchev–Trinajstić information content (AvgIpc) is 3.13. The summed E-state index contributed by atoms with van der Waals surface area (Å²) in [4.78, 5) is 23.9. The second-order valence-corrected chi connectivity index (χ2v) is 7.34. The predicted octanol–water partition coefficient (Wildman–Crippen LogP) is 3.26. The fourth-order valence-corrected chi connectivity index (χ4v) is 2.90. The van der Waals surface area contributed by atoms with Gasteiger partial charge in [-0.05, 0) is 31.2 Å². The van der Waals surface area contributed by atoms with Gasteiger partial charge in [-0.1, -0.05) is 18.2 Å². The largest absolute Gasteiger partial charge is 0.484 e. The van der Waals surface area contributed by atoms with Gasteiger partial charge in [0.2, 0.25) is 0 Å². The number of H-pyrrole nitrogens is 1. The zero-order chi connectivity index (χ0) is 23.1. The van der Waals surface area contributed by atoms with E-state index < -0.39 is 11.7 Å². The number of carbonyl (C=O) groups is 2. The summed E-state index contributed by atoms with van der Waals surface area (Å²) in [6, 6.07) is 9.29. The number of hydrogen-bond donors (Lipinski definition) is 3. The number of rotatable bonds is 10. The van der Waals surface area contributed by atoms with E-state index in [1.54, 1.807) is 12.1 Å². The van der Waals surface area contributed by atoms with Crippen molar-refractivity contribution in [2.24, 2.45) is 0 Å². The first-order valence-corrected chi connectivity index (χ1v) is 10.1. The van der Waals surface area contributed by atoms with Crippen LogP contribution in [-0.2, 0) is 9.59 Å². The lowest BCUT2D eigenvalue weighted by Crippen LogP contribution is -2.32. The van der Waals surface area contributed by atoms with Gasteiger partial charge < -0.3 is 20.1 Å². The van der Waals surface area contributed by atoms with E-state index in [9.17, 15) is 14.0 Å². The molecule has 1 heterocycles. The van der Waals surface area contributed by atoms with E-state index in [1.807, 2.05) is 13.0 Å². The molecule has 3 rings (SSSR count). The van der Waals surface area contributed by atoms with E-state index in [1.165, 1.54) is 12.1 Å². The average molecular weight is 461 g/mol. The van der Waals surface area contributed by atoms with Gasteiger partial charge in [-0.2, -0.15) is 5.10 Å². The summed E-state index contributed by atoms with van der Waals surface area (Å²) >= 11 is 5.59. The van der Waals surface area contributed by atoms with Crippen molar-refractivity contribution in [1.29, 1.82) is 0 Å². The molecule has 0 atom stereocenters. The van der Waals surface area contributed by atoms with E-state index in [0.29, 0.717) is 17.9 Å². The molecule has 3 aromatic rings. The van der Waals surface area contributed by atoms with Crippen molar-refractivity contribution in [2.45, 2.75) is 13.3 Å². The number of carbonyl (C=O) groups excluding carboxylic acids is 2. The molecule has 0 spiro atoms. The Hall–Kier alpha value is -3.59. The van der Waals surface area contributed by atoms with Crippen molar-refractivity contribution in [3.63, 3.8) is 0 Å². The van der Waals surface area contributed by atoms with Gasteiger partial charge in [0.25, 0.3) is 11.8 Å². The van der Waals surface area contributed by atoms with Crippen molar-refractivity contribution < 1.29 is 23.5 Å². The number of hydrogen-bond acceptors (Lipinski definition) is 5. The molecule has 0 unspecified atom stereocenters. The van der Waals surface area contributed by atoms with Gasteiger partial charge in [-0.3, -0.25) is 14.7 Å². The van der Waals surface area contributed by atoms with E-state index in [0.717, 1.165) is 22.7 Å². The standard InChI is InChI=1S/C22H22ClFN4O4/c1-13(26-22(30)12-32-15-4-6-18(23)19(24)9-15)7-8-25-21(29)11-31-16-3-5-17-14(2)27-28-20(17)10-16/h3-6,9-10H,1,7-8,11-12H2,2H3,(H,25,29)(H,26,30)(H,27,28). The molecule has 2 amide bonds. The molecule has 0 saturated heterocycles. The van der Waals surface area contributed by atoms with E-state index in [4.69, 9.17) is 21.1 Å². The number of aromatic amines is 1. The first kappa shape index (κ1) is 23.1. The van der Waals surface area contributed by atoms with Gasteiger partial charge in [0, 0.05) is 41.9 Å². The third-order valence-corrected chi connectivity index (χ3v) is 4.72. The molecule has 3 N–H and O–H groups in total. The van der Waals surface area contributed by atoms with Crippen LogP contribution in [0.25, 0.3) is 10.9 Å². The molecule has 0 fully saturated rings. The molecule has 0 aliphatic rings. The quantitative estimate of drug-likeness (QED) is 0.430. The van der Waals surface area contributed by atoms with Crippen molar-refractivity contribution in [2.75, 3.05) is 19.8 Å². The number of fused-ring (bicyclic) bond motifs is 1. The van der Waals surface area contributed by atoms with Crippen molar-refractivity contribution >= 4 is 34.3 Å². The SMILES string of the molecule is C=C(CCNC(=O)COc1ccc2c(C)[nH]nc2c1)NC(=O)COc1ccc(Cl)c(F)c1. The van der Waals surface area contributed by atoms with Crippen molar-refractivity contribution in [3.8, 4) is 11.5 Å². The van der Waals surface area contributed by atoms with Crippen LogP contribution in [0.1, 0.15) is 12.1 Å². The molecule has 32 heavy (non-hydrogen) atoms. The van der Waals surface area contributed by atoms with Crippen LogP contribution in [0, 0.1) is 12.7 Å². The highest BCUT2D eigenvalue weighted by Crippen LogP contribution is 2.21. The van der Waals surface area contributed by atoms with E-state index in [-0.39, 0.29) is 36.4 Å². The molecule has 0 bridgehead atoms. The normalized spacial score (nSPS) is 10.6. The zero-order valence-corrected chi connectivity index (χ0v) is 18.1. The van der Waals surface area contributed by atoms with E-state index in [2.05, 4.69) is 27.4 Å². The summed E-state index contributed by atoms with van der Waals surface area (Å²) in [6.45, 7) is 5.46. The van der Waals surface area contributed by atoms with Gasteiger partial charge in [0.1, 0.15) is 17.3 Å². The molecular formula is C22H22ClFN4O4. The highest BCUT2D eigenvalue weighted by molar-refractivity contribution is 6.30. The summed E-state index contributed by atoms with van der Waals surface area (Å²) in [6.07, 6.45) is 0.325. The van der Waals surface area contributed by atoms with Crippen LogP contribution < -0.4 is 20.1 Å². The van der Waals surface area contributed by atoms with Crippen LogP contribution in [0.15, 0.2) is 48.7 Å². The third-order valence-electron chi connectivity index (χ3n) is 4.41. The Kier molecular flexibility index (Phi) is 7.67. The minimum atomic E-state index is -0.634. The molecule has 0 radical (unpaired) electrons. The Morgan fingerprint density at radius 1 is 1.12 bits per heavy atom. The van der Waals surface area contributed by atoms with Crippen LogP contribution >= 0.6 is 11.6 Å². The minimum absolute atomic E-state index is 0.0311. The number of aromatic nitrogens is 2. The predicted molar refractivity (Wildman–Crippen MR) is 118 cm³/mol. The zero-order valence-electron chi connectivity index (χ0n) is 17.3. The number of nitrogens with one attached hydrogen (secondary N) is 3. The first-order chi connectivity index (χ1) is 15.3. The number of amides is 2. The Morgan fingerprint density at radius 3 is 2.56 bits per heavy atom. The lowest BCUT2D eigenvalue weighted by Gasteiger charge is -2.11. The second-order valence-electron chi connectivity index (χ2n) is 6.93. The molecule has 168 valence electrons. The lowest BCUT2D eigenvalue weighted by molar-refractivity contribution is -0.123. The summed E-state index contributed by atoms with van der Waals surface area (Å²) < 4.78 is 24.1. The van der Waals surface area contributed by atoms with Crippen molar-refractivity contribution in [3.05, 3.63) is 65.2 Å². The van der Waals surface area contributed by atoms with Crippen LogP contribution in [0.2, 0.25) is 5.02 Å².